The van der Waals surface area contributed by atoms with Crippen LogP contribution in [0.2, 0.25) is 0 Å². The van der Waals surface area contributed by atoms with Crippen molar-refractivity contribution in [2.45, 2.75) is 52.0 Å². The number of hydrogen-bond acceptors (Lipinski definition) is 4. The topological polar surface area (TPSA) is 97.1 Å². The zero-order valence-electron chi connectivity index (χ0n) is 14.8. The quantitative estimate of drug-likeness (QED) is 0.771. The number of anilines is 1. The van der Waals surface area contributed by atoms with E-state index in [1.54, 1.807) is 12.1 Å². The van der Waals surface area contributed by atoms with E-state index in [1.807, 2.05) is 6.92 Å². The van der Waals surface area contributed by atoms with Crippen LogP contribution < -0.4 is 16.4 Å². The molecule has 1 aromatic rings. The van der Waals surface area contributed by atoms with Gasteiger partial charge in [-0.25, -0.2) is 0 Å². The summed E-state index contributed by atoms with van der Waals surface area (Å²) >= 11 is 0. The van der Waals surface area contributed by atoms with Crippen molar-refractivity contribution in [1.29, 1.82) is 0 Å². The second kappa shape index (κ2) is 7.75. The van der Waals surface area contributed by atoms with Gasteiger partial charge in [0.25, 0.3) is 5.91 Å². The highest BCUT2D eigenvalue weighted by atomic mass is 16.2. The third-order valence-corrected chi connectivity index (χ3v) is 4.75. The van der Waals surface area contributed by atoms with Gasteiger partial charge in [-0.15, -0.1) is 0 Å². The molecule has 1 heterocycles. The fourth-order valence-corrected chi connectivity index (χ4v) is 3.23. The van der Waals surface area contributed by atoms with Crippen molar-refractivity contribution in [3.05, 3.63) is 24.0 Å². The standard InChI is InChI=1S/C18H28N4O2/c1-4-20-17(24)15-11-14(9-10-21-15)22-16(23)12-5-7-13(8-6-12)18(2,3)19/h9-13H,4-8,19H2,1-3H3,(H,20,24)(H,21,22,23). The molecule has 0 aliphatic heterocycles. The maximum Gasteiger partial charge on any atom is 0.269 e. The van der Waals surface area contributed by atoms with E-state index in [0.717, 1.165) is 25.7 Å². The Hall–Kier alpha value is -1.95. The van der Waals surface area contributed by atoms with Gasteiger partial charge < -0.3 is 16.4 Å². The lowest BCUT2D eigenvalue weighted by Crippen LogP contribution is -2.43. The predicted molar refractivity (Wildman–Crippen MR) is 94.6 cm³/mol. The minimum absolute atomic E-state index is 0.00434. The van der Waals surface area contributed by atoms with E-state index in [-0.39, 0.29) is 23.3 Å². The number of carbonyl (C=O) groups excluding carboxylic acids is 2. The maximum atomic E-state index is 12.5. The van der Waals surface area contributed by atoms with Crippen molar-refractivity contribution < 1.29 is 9.59 Å². The maximum absolute atomic E-state index is 12.5. The molecule has 24 heavy (non-hydrogen) atoms. The number of hydrogen-bond donors (Lipinski definition) is 3. The molecule has 0 aromatic carbocycles. The van der Waals surface area contributed by atoms with E-state index >= 15 is 0 Å². The van der Waals surface area contributed by atoms with Crippen LogP contribution in [0.15, 0.2) is 18.3 Å². The summed E-state index contributed by atoms with van der Waals surface area (Å²) < 4.78 is 0. The Labute approximate surface area is 143 Å². The number of carbonyl (C=O) groups is 2. The highest BCUT2D eigenvalue weighted by Gasteiger charge is 2.32. The first kappa shape index (κ1) is 18.4. The number of nitrogens with zero attached hydrogens (tertiary/aromatic N) is 1. The van der Waals surface area contributed by atoms with Crippen molar-refractivity contribution in [2.75, 3.05) is 11.9 Å². The van der Waals surface area contributed by atoms with Gasteiger partial charge in [0.2, 0.25) is 5.91 Å². The van der Waals surface area contributed by atoms with Crippen molar-refractivity contribution in [3.8, 4) is 0 Å². The SMILES string of the molecule is CCNC(=O)c1cc(NC(=O)C2CCC(C(C)(C)N)CC2)ccn1. The molecular formula is C18H28N4O2. The van der Waals surface area contributed by atoms with Crippen LogP contribution in [0.4, 0.5) is 5.69 Å². The molecule has 2 rings (SSSR count). The van der Waals surface area contributed by atoms with Gasteiger partial charge in [-0.2, -0.15) is 0 Å². The van der Waals surface area contributed by atoms with Crippen molar-refractivity contribution in [1.82, 2.24) is 10.3 Å². The minimum Gasteiger partial charge on any atom is -0.351 e. The van der Waals surface area contributed by atoms with Gasteiger partial charge in [-0.1, -0.05) is 0 Å². The van der Waals surface area contributed by atoms with Crippen LogP contribution in [0.25, 0.3) is 0 Å². The van der Waals surface area contributed by atoms with Crippen molar-refractivity contribution in [2.24, 2.45) is 17.6 Å². The highest BCUT2D eigenvalue weighted by Crippen LogP contribution is 2.34. The first-order valence-corrected chi connectivity index (χ1v) is 8.65. The van der Waals surface area contributed by atoms with Crippen LogP contribution in [0.5, 0.6) is 0 Å². The van der Waals surface area contributed by atoms with E-state index in [4.69, 9.17) is 5.73 Å². The third kappa shape index (κ3) is 4.77. The molecule has 1 saturated carbocycles. The summed E-state index contributed by atoms with van der Waals surface area (Å²) in [4.78, 5) is 28.3. The molecule has 1 aliphatic carbocycles. The van der Waals surface area contributed by atoms with Gasteiger partial charge in [-0.3, -0.25) is 14.6 Å². The van der Waals surface area contributed by atoms with E-state index in [0.29, 0.717) is 23.8 Å². The molecule has 2 amide bonds. The zero-order chi connectivity index (χ0) is 17.7. The summed E-state index contributed by atoms with van der Waals surface area (Å²) in [5.74, 6) is 0.243. The van der Waals surface area contributed by atoms with Crippen LogP contribution in [-0.2, 0) is 4.79 Å². The lowest BCUT2D eigenvalue weighted by Gasteiger charge is -2.36. The normalized spacial score (nSPS) is 21.2. The fourth-order valence-electron chi connectivity index (χ4n) is 3.23. The van der Waals surface area contributed by atoms with Gasteiger partial charge in [-0.05, 0) is 64.5 Å². The molecule has 0 spiro atoms. The average Bonchev–Trinajstić information content (AvgIpc) is 2.54. The van der Waals surface area contributed by atoms with E-state index in [9.17, 15) is 9.59 Å². The monoisotopic (exact) mass is 332 g/mol. The number of aromatic nitrogens is 1. The smallest absolute Gasteiger partial charge is 0.269 e. The van der Waals surface area contributed by atoms with Crippen LogP contribution in [0.1, 0.15) is 56.9 Å². The highest BCUT2D eigenvalue weighted by molar-refractivity contribution is 5.96. The molecule has 6 nitrogen and oxygen atoms in total. The average molecular weight is 332 g/mol. The molecule has 0 bridgehead atoms. The summed E-state index contributed by atoms with van der Waals surface area (Å²) in [6.07, 6.45) is 5.19. The van der Waals surface area contributed by atoms with Gasteiger partial charge in [0.1, 0.15) is 5.69 Å². The Morgan fingerprint density at radius 1 is 1.29 bits per heavy atom. The van der Waals surface area contributed by atoms with Gasteiger partial charge in [0.05, 0.1) is 0 Å². The molecule has 0 radical (unpaired) electrons. The molecule has 0 atom stereocenters. The predicted octanol–water partition coefficient (Wildman–Crippen LogP) is 2.31. The Kier molecular flexibility index (Phi) is 5.94. The van der Waals surface area contributed by atoms with E-state index < -0.39 is 0 Å². The van der Waals surface area contributed by atoms with Crippen LogP contribution in [0, 0.1) is 11.8 Å². The Morgan fingerprint density at radius 2 is 1.96 bits per heavy atom. The molecule has 4 N–H and O–H groups in total. The minimum atomic E-state index is -0.237. The van der Waals surface area contributed by atoms with Gasteiger partial charge >= 0.3 is 0 Å². The van der Waals surface area contributed by atoms with Crippen LogP contribution >= 0.6 is 0 Å². The lowest BCUT2D eigenvalue weighted by molar-refractivity contribution is -0.121. The number of pyridine rings is 1. The molecule has 0 saturated heterocycles. The lowest BCUT2D eigenvalue weighted by atomic mass is 9.73. The first-order valence-electron chi connectivity index (χ1n) is 8.65. The Morgan fingerprint density at radius 3 is 2.54 bits per heavy atom. The fraction of sp³-hybridized carbons (Fsp3) is 0.611. The van der Waals surface area contributed by atoms with E-state index in [1.165, 1.54) is 6.20 Å². The Bertz CT molecular complexity index is 587. The molecule has 0 unspecified atom stereocenters. The Balaban J connectivity index is 1.94. The second-order valence-corrected chi connectivity index (χ2v) is 7.15. The summed E-state index contributed by atoms with van der Waals surface area (Å²) in [7, 11) is 0. The number of amides is 2. The van der Waals surface area contributed by atoms with Crippen LogP contribution in [0.3, 0.4) is 0 Å². The summed E-state index contributed by atoms with van der Waals surface area (Å²) in [6, 6.07) is 3.31. The van der Waals surface area contributed by atoms with E-state index in [2.05, 4.69) is 29.5 Å². The number of rotatable bonds is 5. The molecule has 6 heteroatoms. The molecule has 132 valence electrons. The molecule has 1 fully saturated rings. The first-order chi connectivity index (χ1) is 11.3. The van der Waals surface area contributed by atoms with Crippen molar-refractivity contribution >= 4 is 17.5 Å². The van der Waals surface area contributed by atoms with Gasteiger partial charge in [0, 0.05) is 29.9 Å². The van der Waals surface area contributed by atoms with Crippen molar-refractivity contribution in [3.63, 3.8) is 0 Å². The molecule has 1 aromatic heterocycles. The summed E-state index contributed by atoms with van der Waals surface area (Å²) in [6.45, 7) is 6.50. The van der Waals surface area contributed by atoms with Crippen LogP contribution in [-0.4, -0.2) is 28.9 Å². The number of nitrogens with one attached hydrogen (secondary N) is 2. The largest absolute Gasteiger partial charge is 0.351 e. The zero-order valence-corrected chi connectivity index (χ0v) is 14.8. The molecular weight excluding hydrogens is 304 g/mol. The van der Waals surface area contributed by atoms with Gasteiger partial charge in [0.15, 0.2) is 0 Å². The second-order valence-electron chi connectivity index (χ2n) is 7.15. The summed E-state index contributed by atoms with van der Waals surface area (Å²) in [5.41, 5.74) is 6.91. The molecule has 1 aliphatic rings. The summed E-state index contributed by atoms with van der Waals surface area (Å²) in [5, 5.41) is 5.61. The number of nitrogens with two attached hydrogens (primary N) is 1. The third-order valence-electron chi connectivity index (χ3n) is 4.75.